The van der Waals surface area contributed by atoms with E-state index in [-0.39, 0.29) is 6.10 Å². The van der Waals surface area contributed by atoms with Gasteiger partial charge in [0.15, 0.2) is 0 Å². The predicted molar refractivity (Wildman–Crippen MR) is 97.5 cm³/mol. The van der Waals surface area contributed by atoms with Crippen LogP contribution in [0.4, 0.5) is 13.2 Å². The molecule has 7 nitrogen and oxygen atoms in total. The molecule has 4 rings (SSSR count). The number of aromatic nitrogens is 2. The number of rotatable bonds is 6. The molecule has 0 radical (unpaired) electrons. The zero-order valence-electron chi connectivity index (χ0n) is 16.3. The molecule has 1 aromatic heterocycles. The molecule has 2 fully saturated rings. The molecule has 1 atom stereocenters. The second-order valence-corrected chi connectivity index (χ2v) is 7.83. The van der Waals surface area contributed by atoms with Crippen LogP contribution in [0.3, 0.4) is 0 Å². The number of hydrogen-bond acceptors (Lipinski definition) is 5. The van der Waals surface area contributed by atoms with E-state index < -0.39 is 12.1 Å². The smallest absolute Gasteiger partial charge is 0.475 e. The highest BCUT2D eigenvalue weighted by Crippen LogP contribution is 2.32. The summed E-state index contributed by atoms with van der Waals surface area (Å²) in [7, 11) is 0. The van der Waals surface area contributed by atoms with Crippen molar-refractivity contribution in [1.82, 2.24) is 15.1 Å². The van der Waals surface area contributed by atoms with Crippen LogP contribution in [0.2, 0.25) is 0 Å². The third-order valence-electron chi connectivity index (χ3n) is 5.35. The lowest BCUT2D eigenvalue weighted by Crippen LogP contribution is -2.33. The van der Waals surface area contributed by atoms with Crippen molar-refractivity contribution in [2.45, 2.75) is 50.9 Å². The van der Waals surface area contributed by atoms with Gasteiger partial charge in [-0.25, -0.2) is 4.79 Å². The first-order chi connectivity index (χ1) is 13.8. The van der Waals surface area contributed by atoms with E-state index >= 15 is 0 Å². The lowest BCUT2D eigenvalue weighted by atomic mass is 10.00. The van der Waals surface area contributed by atoms with E-state index in [9.17, 15) is 13.2 Å². The number of carboxylic acid groups (broad SMARTS) is 1. The number of aliphatic carboxylic acids is 1. The van der Waals surface area contributed by atoms with Crippen molar-refractivity contribution >= 4 is 5.97 Å². The number of nitrogens with zero attached hydrogens (tertiary/aromatic N) is 2. The van der Waals surface area contributed by atoms with Gasteiger partial charge >= 0.3 is 12.1 Å². The monoisotopic (exact) mass is 419 g/mol. The van der Waals surface area contributed by atoms with Crippen LogP contribution in [0, 0.1) is 11.8 Å². The number of alkyl halides is 3. The molecule has 0 amide bonds. The van der Waals surface area contributed by atoms with Crippen molar-refractivity contribution in [3.63, 3.8) is 0 Å². The number of carboxylic acids is 1. The Morgan fingerprint density at radius 3 is 2.48 bits per heavy atom. The minimum atomic E-state index is -5.08. The molecule has 1 aromatic rings. The van der Waals surface area contributed by atoms with E-state index in [0.29, 0.717) is 0 Å². The summed E-state index contributed by atoms with van der Waals surface area (Å²) >= 11 is 0. The molecule has 3 aliphatic rings. The Bertz CT molecular complexity index is 670. The van der Waals surface area contributed by atoms with Crippen LogP contribution in [-0.4, -0.2) is 59.9 Å². The molecule has 3 heterocycles. The van der Waals surface area contributed by atoms with Crippen LogP contribution >= 0.6 is 0 Å². The summed E-state index contributed by atoms with van der Waals surface area (Å²) < 4.78 is 45.3. The number of halogens is 3. The van der Waals surface area contributed by atoms with Crippen LogP contribution in [0.25, 0.3) is 0 Å². The number of hydrogen-bond donors (Lipinski definition) is 2. The Kier molecular flexibility index (Phi) is 7.53. The second kappa shape index (κ2) is 9.90. The number of fused-ring (bicyclic) bond motifs is 1. The first-order valence-corrected chi connectivity index (χ1v) is 10.1. The Hall–Kier alpha value is -1.65. The fourth-order valence-corrected chi connectivity index (χ4v) is 3.51. The van der Waals surface area contributed by atoms with Gasteiger partial charge in [-0.1, -0.05) is 0 Å². The highest BCUT2D eigenvalue weighted by molar-refractivity contribution is 5.73. The van der Waals surface area contributed by atoms with Gasteiger partial charge in [-0.05, 0) is 56.0 Å². The van der Waals surface area contributed by atoms with Crippen LogP contribution in [-0.2, 0) is 27.2 Å². The first kappa shape index (κ1) is 22.0. The number of carbonyl (C=O) groups is 1. The lowest BCUT2D eigenvalue weighted by molar-refractivity contribution is -0.192. The van der Waals surface area contributed by atoms with E-state index in [1.165, 1.54) is 36.9 Å². The van der Waals surface area contributed by atoms with Crippen molar-refractivity contribution in [2.75, 3.05) is 32.9 Å². The van der Waals surface area contributed by atoms with Gasteiger partial charge in [0.25, 0.3) is 0 Å². The van der Waals surface area contributed by atoms with Crippen LogP contribution in [0.1, 0.15) is 43.0 Å². The molecule has 0 aromatic carbocycles. The summed E-state index contributed by atoms with van der Waals surface area (Å²) in [4.78, 5) is 8.90. The molecule has 1 aliphatic carbocycles. The van der Waals surface area contributed by atoms with Crippen LogP contribution < -0.4 is 5.32 Å². The molecule has 164 valence electrons. The molecule has 0 bridgehead atoms. The van der Waals surface area contributed by atoms with Gasteiger partial charge in [0, 0.05) is 32.5 Å². The number of nitrogens with one attached hydrogen (secondary N) is 1. The summed E-state index contributed by atoms with van der Waals surface area (Å²) in [5, 5.41) is 15.5. The van der Waals surface area contributed by atoms with Gasteiger partial charge in [-0.3, -0.25) is 4.68 Å². The SMILES string of the molecule is O=C(O)C(F)(F)F.c1c2c(nn1CC1CC1)C(CNCC1CCOCC1)OCC2. The molecule has 1 saturated carbocycles. The first-order valence-electron chi connectivity index (χ1n) is 10.1. The van der Waals surface area contributed by atoms with Crippen LogP contribution in [0.15, 0.2) is 6.20 Å². The third kappa shape index (κ3) is 6.97. The van der Waals surface area contributed by atoms with Gasteiger partial charge < -0.3 is 19.9 Å². The van der Waals surface area contributed by atoms with Crippen molar-refractivity contribution in [3.05, 3.63) is 17.5 Å². The second-order valence-electron chi connectivity index (χ2n) is 7.83. The topological polar surface area (TPSA) is 85.6 Å². The fourth-order valence-electron chi connectivity index (χ4n) is 3.51. The Balaban J connectivity index is 0.000000298. The van der Waals surface area contributed by atoms with E-state index in [0.717, 1.165) is 57.7 Å². The molecule has 2 N–H and O–H groups in total. The Morgan fingerprint density at radius 1 is 1.17 bits per heavy atom. The molecule has 1 unspecified atom stereocenters. The van der Waals surface area contributed by atoms with E-state index in [2.05, 4.69) is 16.2 Å². The maximum atomic E-state index is 10.6. The molecule has 10 heteroatoms. The normalized spacial score (nSPS) is 22.5. The predicted octanol–water partition coefficient (Wildman–Crippen LogP) is 2.56. The maximum absolute atomic E-state index is 10.6. The van der Waals surface area contributed by atoms with Crippen molar-refractivity contribution in [3.8, 4) is 0 Å². The third-order valence-corrected chi connectivity index (χ3v) is 5.35. The minimum Gasteiger partial charge on any atom is -0.475 e. The molecule has 2 aliphatic heterocycles. The molecule has 0 spiro atoms. The summed E-state index contributed by atoms with van der Waals surface area (Å²) in [5.41, 5.74) is 2.57. The largest absolute Gasteiger partial charge is 0.490 e. The summed E-state index contributed by atoms with van der Waals surface area (Å²) in [6.07, 6.45) is 3.41. The highest BCUT2D eigenvalue weighted by atomic mass is 19.4. The van der Waals surface area contributed by atoms with Gasteiger partial charge in [-0.2, -0.15) is 18.3 Å². The van der Waals surface area contributed by atoms with Crippen molar-refractivity contribution in [2.24, 2.45) is 11.8 Å². The summed E-state index contributed by atoms with van der Waals surface area (Å²) in [6, 6.07) is 0. The Morgan fingerprint density at radius 2 is 1.86 bits per heavy atom. The molecular weight excluding hydrogens is 391 g/mol. The van der Waals surface area contributed by atoms with Crippen molar-refractivity contribution < 1.29 is 32.5 Å². The standard InChI is InChI=1S/C17H27N3O2.C2HF3O2/c1-2-14(1)11-20-12-15-5-8-22-16(17(15)19-20)10-18-9-13-3-6-21-7-4-13;3-2(4,5)1(6)7/h12-14,16,18H,1-11H2;(H,6,7). The lowest BCUT2D eigenvalue weighted by Gasteiger charge is -2.25. The highest BCUT2D eigenvalue weighted by Gasteiger charge is 2.38. The molecule has 1 saturated heterocycles. The maximum Gasteiger partial charge on any atom is 0.490 e. The van der Waals surface area contributed by atoms with E-state index in [4.69, 9.17) is 24.5 Å². The average molecular weight is 419 g/mol. The average Bonchev–Trinajstić information content (AvgIpc) is 3.38. The molecular formula is C19H28F3N3O4. The number of ether oxygens (including phenoxy) is 2. The van der Waals surface area contributed by atoms with E-state index in [1.807, 2.05) is 0 Å². The quantitative estimate of drug-likeness (QED) is 0.737. The summed E-state index contributed by atoms with van der Waals surface area (Å²) in [6.45, 7) is 5.71. The fraction of sp³-hybridized carbons (Fsp3) is 0.789. The van der Waals surface area contributed by atoms with Crippen molar-refractivity contribution in [1.29, 1.82) is 0 Å². The van der Waals surface area contributed by atoms with E-state index in [1.54, 1.807) is 0 Å². The van der Waals surface area contributed by atoms with Gasteiger partial charge in [0.2, 0.25) is 0 Å². The molecule has 29 heavy (non-hydrogen) atoms. The van der Waals surface area contributed by atoms with Gasteiger partial charge in [0.1, 0.15) is 6.10 Å². The van der Waals surface area contributed by atoms with Gasteiger partial charge in [-0.15, -0.1) is 0 Å². The summed E-state index contributed by atoms with van der Waals surface area (Å²) in [5.74, 6) is -1.14. The zero-order chi connectivity index (χ0) is 20.9. The Labute approximate surface area is 167 Å². The van der Waals surface area contributed by atoms with Gasteiger partial charge in [0.05, 0.1) is 12.3 Å². The van der Waals surface area contributed by atoms with Crippen LogP contribution in [0.5, 0.6) is 0 Å². The zero-order valence-corrected chi connectivity index (χ0v) is 16.3. The minimum absolute atomic E-state index is 0.129.